The molecule has 0 saturated carbocycles. The van der Waals surface area contributed by atoms with Crippen LogP contribution in [-0.4, -0.2) is 20.7 Å². The van der Waals surface area contributed by atoms with Gasteiger partial charge in [-0.1, -0.05) is 0 Å². The zero-order valence-electron chi connectivity index (χ0n) is 16.8. The van der Waals surface area contributed by atoms with Crippen molar-refractivity contribution in [2.24, 2.45) is 5.73 Å². The Kier molecular flexibility index (Phi) is 6.75. The number of hydrogen-bond acceptors (Lipinski definition) is 3. The van der Waals surface area contributed by atoms with Crippen LogP contribution < -0.4 is 5.73 Å². The highest BCUT2D eigenvalue weighted by Crippen LogP contribution is 2.32. The largest absolute Gasteiger partial charge is 0.433 e. The van der Waals surface area contributed by atoms with Gasteiger partial charge in [0.1, 0.15) is 11.5 Å². The number of alkyl halides is 6. The molecule has 1 aliphatic rings. The van der Waals surface area contributed by atoms with Gasteiger partial charge >= 0.3 is 12.4 Å². The van der Waals surface area contributed by atoms with Gasteiger partial charge in [-0.05, 0) is 55.7 Å². The Hall–Kier alpha value is -3.44. The molecule has 2 aromatic heterocycles. The van der Waals surface area contributed by atoms with Crippen LogP contribution in [0.5, 0.6) is 0 Å². The molecule has 176 valence electrons. The summed E-state index contributed by atoms with van der Waals surface area (Å²) in [6.45, 7) is 0.840. The number of fused-ring (bicyclic) bond motifs is 1. The predicted molar refractivity (Wildman–Crippen MR) is 103 cm³/mol. The van der Waals surface area contributed by atoms with E-state index in [1.165, 1.54) is 6.20 Å². The molecule has 1 amide bonds. The van der Waals surface area contributed by atoms with Crippen molar-refractivity contribution in [3.05, 3.63) is 70.9 Å². The molecular formula is C21H17F7N4O. The summed E-state index contributed by atoms with van der Waals surface area (Å²) in [4.78, 5) is 13.9. The summed E-state index contributed by atoms with van der Waals surface area (Å²) < 4.78 is 88.7. The Labute approximate surface area is 183 Å². The smallest absolute Gasteiger partial charge is 0.366 e. The molecular weight excluding hydrogens is 457 g/mol. The molecule has 0 fully saturated rings. The number of pyridine rings is 1. The molecule has 0 radical (unpaired) electrons. The topological polar surface area (TPSA) is 73.8 Å². The first-order valence-electron chi connectivity index (χ1n) is 9.63. The van der Waals surface area contributed by atoms with Crippen LogP contribution in [0.1, 0.15) is 40.2 Å². The monoisotopic (exact) mass is 474 g/mol. The number of nitrogens with two attached hydrogens (primary N) is 1. The molecule has 3 aromatic rings. The van der Waals surface area contributed by atoms with E-state index in [4.69, 9.17) is 5.73 Å². The molecule has 0 saturated heterocycles. The molecule has 0 spiro atoms. The average Bonchev–Trinajstić information content (AvgIpc) is 3.17. The molecule has 4 rings (SSSR count). The third kappa shape index (κ3) is 5.88. The maximum Gasteiger partial charge on any atom is 0.433 e. The van der Waals surface area contributed by atoms with Gasteiger partial charge in [-0.15, -0.1) is 0 Å². The second-order valence-corrected chi connectivity index (χ2v) is 7.19. The first kappa shape index (κ1) is 24.2. The van der Waals surface area contributed by atoms with E-state index >= 15 is 0 Å². The number of nitrogens with zero attached hydrogens (tertiary/aromatic N) is 3. The van der Waals surface area contributed by atoms with Gasteiger partial charge in [0, 0.05) is 29.6 Å². The molecule has 0 unspecified atom stereocenters. The maximum atomic E-state index is 12.7. The summed E-state index contributed by atoms with van der Waals surface area (Å²) in [6.07, 6.45) is -4.96. The van der Waals surface area contributed by atoms with E-state index in [0.717, 1.165) is 43.6 Å². The van der Waals surface area contributed by atoms with E-state index < -0.39 is 35.3 Å². The van der Waals surface area contributed by atoms with Crippen molar-refractivity contribution in [1.82, 2.24) is 14.8 Å². The van der Waals surface area contributed by atoms with Crippen LogP contribution in [0.25, 0.3) is 11.3 Å². The normalized spacial score (nSPS) is 13.7. The van der Waals surface area contributed by atoms with Crippen LogP contribution in [0.2, 0.25) is 0 Å². The molecule has 12 heteroatoms. The number of halogens is 7. The number of benzene rings is 1. The number of hydrogen-bond donors (Lipinski definition) is 1. The van der Waals surface area contributed by atoms with Crippen LogP contribution in [0.4, 0.5) is 30.7 Å². The van der Waals surface area contributed by atoms with E-state index in [-0.39, 0.29) is 5.56 Å². The van der Waals surface area contributed by atoms with Gasteiger partial charge in [0.15, 0.2) is 0 Å². The van der Waals surface area contributed by atoms with Crippen molar-refractivity contribution in [2.45, 2.75) is 38.2 Å². The fraction of sp³-hybridized carbons (Fsp3) is 0.286. The fourth-order valence-electron chi connectivity index (χ4n) is 3.20. The molecule has 5 nitrogen and oxygen atoms in total. The van der Waals surface area contributed by atoms with Gasteiger partial charge in [-0.2, -0.15) is 31.4 Å². The zero-order valence-corrected chi connectivity index (χ0v) is 16.8. The van der Waals surface area contributed by atoms with Crippen LogP contribution >= 0.6 is 0 Å². The van der Waals surface area contributed by atoms with E-state index in [1.54, 1.807) is 6.07 Å². The van der Waals surface area contributed by atoms with Crippen LogP contribution in [0.3, 0.4) is 0 Å². The number of rotatable bonds is 2. The van der Waals surface area contributed by atoms with E-state index in [1.807, 2.05) is 10.7 Å². The Balaban J connectivity index is 0.000000196. The number of aryl methyl sites for hydroxylation is 2. The summed E-state index contributed by atoms with van der Waals surface area (Å²) >= 11 is 0. The number of aromatic nitrogens is 3. The molecule has 1 aromatic carbocycles. The molecule has 1 aliphatic heterocycles. The molecule has 0 aliphatic carbocycles. The summed E-state index contributed by atoms with van der Waals surface area (Å²) in [5.74, 6) is -2.46. The highest BCUT2D eigenvalue weighted by atomic mass is 19.4. The van der Waals surface area contributed by atoms with E-state index in [9.17, 15) is 35.5 Å². The predicted octanol–water partition coefficient (Wildman–Crippen LogP) is 5.24. The number of carbonyl (C=O) groups excluding carboxylic acids is 1. The first-order chi connectivity index (χ1) is 15.4. The fourth-order valence-corrected chi connectivity index (χ4v) is 3.20. The van der Waals surface area contributed by atoms with Crippen molar-refractivity contribution in [3.63, 3.8) is 0 Å². The number of primary amides is 1. The second kappa shape index (κ2) is 9.20. The van der Waals surface area contributed by atoms with Crippen LogP contribution in [0.15, 0.2) is 42.6 Å². The Morgan fingerprint density at radius 1 is 0.970 bits per heavy atom. The molecule has 0 atom stereocenters. The summed E-state index contributed by atoms with van der Waals surface area (Å²) in [5, 5.41) is 4.37. The number of carbonyl (C=O) groups is 1. The van der Waals surface area contributed by atoms with Gasteiger partial charge in [-0.3, -0.25) is 14.5 Å². The lowest BCUT2D eigenvalue weighted by atomic mass is 10.1. The van der Waals surface area contributed by atoms with Crippen molar-refractivity contribution < 1.29 is 35.5 Å². The van der Waals surface area contributed by atoms with Crippen molar-refractivity contribution in [3.8, 4) is 11.3 Å². The minimum absolute atomic E-state index is 0.376. The van der Waals surface area contributed by atoms with Gasteiger partial charge in [0.05, 0.1) is 11.3 Å². The van der Waals surface area contributed by atoms with Gasteiger partial charge in [0.25, 0.3) is 0 Å². The van der Waals surface area contributed by atoms with Gasteiger partial charge < -0.3 is 5.73 Å². The Bertz CT molecular complexity index is 1130. The number of amides is 1. The highest BCUT2D eigenvalue weighted by molar-refractivity contribution is 5.92. The average molecular weight is 474 g/mol. The zero-order chi connectivity index (χ0) is 24.4. The van der Waals surface area contributed by atoms with Crippen LogP contribution in [-0.2, 0) is 25.3 Å². The van der Waals surface area contributed by atoms with Crippen molar-refractivity contribution in [1.29, 1.82) is 0 Å². The first-order valence-corrected chi connectivity index (χ1v) is 9.63. The van der Waals surface area contributed by atoms with Gasteiger partial charge in [-0.25, -0.2) is 4.39 Å². The molecule has 0 bridgehead atoms. The van der Waals surface area contributed by atoms with Gasteiger partial charge in [0.2, 0.25) is 5.91 Å². The quantitative estimate of drug-likeness (QED) is 0.516. The Morgan fingerprint density at radius 3 is 2.30 bits per heavy atom. The van der Waals surface area contributed by atoms with E-state index in [2.05, 4.69) is 10.1 Å². The lowest BCUT2D eigenvalue weighted by Crippen LogP contribution is -2.14. The summed E-state index contributed by atoms with van der Waals surface area (Å²) in [5.41, 5.74) is 4.14. The lowest BCUT2D eigenvalue weighted by Gasteiger charge is -2.11. The summed E-state index contributed by atoms with van der Waals surface area (Å²) in [7, 11) is 0. The van der Waals surface area contributed by atoms with Crippen LogP contribution in [0, 0.1) is 5.82 Å². The minimum atomic E-state index is -4.82. The van der Waals surface area contributed by atoms with E-state index in [0.29, 0.717) is 23.4 Å². The lowest BCUT2D eigenvalue weighted by molar-refractivity contribution is -0.141. The molecule has 33 heavy (non-hydrogen) atoms. The second-order valence-electron chi connectivity index (χ2n) is 7.19. The third-order valence-electron chi connectivity index (χ3n) is 4.82. The van der Waals surface area contributed by atoms with Crippen molar-refractivity contribution >= 4 is 5.91 Å². The minimum Gasteiger partial charge on any atom is -0.366 e. The van der Waals surface area contributed by atoms with Crippen molar-refractivity contribution in [2.75, 3.05) is 0 Å². The molecule has 2 N–H and O–H groups in total. The SMILES string of the molecule is FC(F)(F)c1cc(-c2cc3n(n2)CCCC3)ccn1.NC(=O)c1ccc(F)c(C(F)(F)F)c1. The Morgan fingerprint density at radius 2 is 1.70 bits per heavy atom. The molecule has 3 heterocycles. The summed E-state index contributed by atoms with van der Waals surface area (Å²) in [6, 6.07) is 6.32. The highest BCUT2D eigenvalue weighted by Gasteiger charge is 2.34. The maximum absolute atomic E-state index is 12.7. The standard InChI is InChI=1S/C13H12F3N3.C8H5F4NO/c14-13(15,16)12-7-9(4-5-17-12)11-8-10-3-1-2-6-19(10)18-11;9-6-2-1-4(7(13)14)3-5(6)8(10,11)12/h4-5,7-8H,1-3,6H2;1-3H,(H2,13,14). The third-order valence-corrected chi connectivity index (χ3v) is 4.82.